The predicted octanol–water partition coefficient (Wildman–Crippen LogP) is 3.57. The van der Waals surface area contributed by atoms with E-state index < -0.39 is 0 Å². The van der Waals surface area contributed by atoms with Crippen molar-refractivity contribution in [3.63, 3.8) is 0 Å². The van der Waals surface area contributed by atoms with Crippen molar-refractivity contribution >= 4 is 27.4 Å². The van der Waals surface area contributed by atoms with Crippen LogP contribution in [0, 0.1) is 5.92 Å². The van der Waals surface area contributed by atoms with Crippen LogP contribution in [0.25, 0.3) is 0 Å². The van der Waals surface area contributed by atoms with Crippen molar-refractivity contribution in [2.24, 2.45) is 5.92 Å². The Labute approximate surface area is 135 Å². The second-order valence-corrected chi connectivity index (χ2v) is 7.32. The molecule has 2 aliphatic rings. The number of hydrogen-bond acceptors (Lipinski definition) is 3. The van der Waals surface area contributed by atoms with Crippen molar-refractivity contribution in [2.75, 3.05) is 31.6 Å². The number of halogens is 1. The third-order valence-electron chi connectivity index (χ3n) is 5.02. The molecule has 2 aliphatic heterocycles. The fourth-order valence-electron chi connectivity index (χ4n) is 3.94. The van der Waals surface area contributed by atoms with Gasteiger partial charge >= 0.3 is 0 Å². The molecule has 0 amide bonds. The van der Waals surface area contributed by atoms with E-state index in [2.05, 4.69) is 38.8 Å². The van der Waals surface area contributed by atoms with Crippen LogP contribution >= 0.6 is 15.9 Å². The molecule has 0 aliphatic carbocycles. The van der Waals surface area contributed by atoms with Crippen LogP contribution in [-0.2, 0) is 0 Å². The number of piperidine rings is 2. The zero-order valence-corrected chi connectivity index (χ0v) is 14.4. The topological polar surface area (TPSA) is 23.6 Å². The highest BCUT2D eigenvalue weighted by atomic mass is 79.9. The summed E-state index contributed by atoms with van der Waals surface area (Å²) >= 11 is 3.47. The molecule has 0 aromatic heterocycles. The standard InChI is InChI=1S/C17H23BrN2O/c1-12(21)15-10-14(18)5-6-17(15)20-9-7-16-13(11-20)4-3-8-19(16)2/h5-6,10,13,16H,3-4,7-9,11H2,1-2H3. The third-order valence-corrected chi connectivity index (χ3v) is 5.52. The van der Waals surface area contributed by atoms with E-state index in [1.54, 1.807) is 6.92 Å². The normalized spacial score (nSPS) is 26.5. The molecular formula is C17H23BrN2O. The van der Waals surface area contributed by atoms with Gasteiger partial charge in [-0.2, -0.15) is 0 Å². The van der Waals surface area contributed by atoms with Crippen LogP contribution in [0.15, 0.2) is 22.7 Å². The summed E-state index contributed by atoms with van der Waals surface area (Å²) in [5.74, 6) is 0.884. The summed E-state index contributed by atoms with van der Waals surface area (Å²) in [6, 6.07) is 6.82. The monoisotopic (exact) mass is 350 g/mol. The highest BCUT2D eigenvalue weighted by Gasteiger charge is 2.34. The number of rotatable bonds is 2. The Morgan fingerprint density at radius 1 is 1.29 bits per heavy atom. The molecule has 0 bridgehead atoms. The Hall–Kier alpha value is -0.870. The molecule has 2 atom stereocenters. The Morgan fingerprint density at radius 3 is 2.86 bits per heavy atom. The van der Waals surface area contributed by atoms with Crippen molar-refractivity contribution in [3.8, 4) is 0 Å². The van der Waals surface area contributed by atoms with Crippen molar-refractivity contribution in [3.05, 3.63) is 28.2 Å². The summed E-state index contributed by atoms with van der Waals surface area (Å²) < 4.78 is 0.976. The first kappa shape index (κ1) is 15.0. The van der Waals surface area contributed by atoms with Gasteiger partial charge in [0.15, 0.2) is 5.78 Å². The minimum atomic E-state index is 0.147. The van der Waals surface area contributed by atoms with Gasteiger partial charge in [-0.3, -0.25) is 4.79 Å². The predicted molar refractivity (Wildman–Crippen MR) is 90.1 cm³/mol. The maximum atomic E-state index is 11.9. The number of fused-ring (bicyclic) bond motifs is 1. The Balaban J connectivity index is 1.84. The van der Waals surface area contributed by atoms with Gasteiger partial charge in [0, 0.05) is 34.9 Å². The van der Waals surface area contributed by atoms with Crippen LogP contribution in [0.5, 0.6) is 0 Å². The summed E-state index contributed by atoms with van der Waals surface area (Å²) in [6.07, 6.45) is 3.82. The molecule has 21 heavy (non-hydrogen) atoms. The molecule has 4 heteroatoms. The molecule has 1 aromatic carbocycles. The van der Waals surface area contributed by atoms with Crippen LogP contribution in [0.1, 0.15) is 36.5 Å². The number of carbonyl (C=O) groups is 1. The molecule has 114 valence electrons. The zero-order chi connectivity index (χ0) is 15.0. The molecule has 1 aromatic rings. The molecule has 0 spiro atoms. The summed E-state index contributed by atoms with van der Waals surface area (Å²) in [5, 5.41) is 0. The minimum Gasteiger partial charge on any atom is -0.371 e. The number of benzene rings is 1. The number of ketones is 1. The highest BCUT2D eigenvalue weighted by Crippen LogP contribution is 2.34. The third kappa shape index (κ3) is 3.02. The van der Waals surface area contributed by atoms with Crippen molar-refractivity contribution in [2.45, 2.75) is 32.2 Å². The van der Waals surface area contributed by atoms with Gasteiger partial charge < -0.3 is 9.80 Å². The molecular weight excluding hydrogens is 328 g/mol. The van der Waals surface area contributed by atoms with Gasteiger partial charge in [-0.25, -0.2) is 0 Å². The lowest BCUT2D eigenvalue weighted by molar-refractivity contribution is 0.100. The number of hydrogen-bond donors (Lipinski definition) is 0. The van der Waals surface area contributed by atoms with E-state index in [4.69, 9.17) is 0 Å². The minimum absolute atomic E-state index is 0.147. The van der Waals surface area contributed by atoms with Crippen LogP contribution in [0.4, 0.5) is 5.69 Å². The number of nitrogens with zero attached hydrogens (tertiary/aromatic N) is 2. The Morgan fingerprint density at radius 2 is 2.10 bits per heavy atom. The fraction of sp³-hybridized carbons (Fsp3) is 0.588. The van der Waals surface area contributed by atoms with Crippen LogP contribution < -0.4 is 4.90 Å². The number of anilines is 1. The van der Waals surface area contributed by atoms with E-state index in [0.717, 1.165) is 40.8 Å². The first-order valence-electron chi connectivity index (χ1n) is 7.82. The van der Waals surface area contributed by atoms with Crippen LogP contribution in [-0.4, -0.2) is 43.4 Å². The summed E-state index contributed by atoms with van der Waals surface area (Å²) in [5.41, 5.74) is 1.95. The van der Waals surface area contributed by atoms with Crippen molar-refractivity contribution < 1.29 is 4.79 Å². The van der Waals surface area contributed by atoms with E-state index in [0.29, 0.717) is 0 Å². The zero-order valence-electron chi connectivity index (χ0n) is 12.8. The van der Waals surface area contributed by atoms with Crippen molar-refractivity contribution in [1.29, 1.82) is 0 Å². The fourth-order valence-corrected chi connectivity index (χ4v) is 4.30. The number of Topliss-reactive ketones (excluding diaryl/α,β-unsaturated/α-hetero) is 1. The summed E-state index contributed by atoms with van der Waals surface area (Å²) in [6.45, 7) is 5.02. The smallest absolute Gasteiger partial charge is 0.161 e. The molecule has 2 saturated heterocycles. The SMILES string of the molecule is CC(=O)c1cc(Br)ccc1N1CCC2C(CCCN2C)C1. The first-order chi connectivity index (χ1) is 10.1. The van der Waals surface area contributed by atoms with E-state index in [9.17, 15) is 4.79 Å². The number of carbonyl (C=O) groups excluding carboxylic acids is 1. The lowest BCUT2D eigenvalue weighted by Crippen LogP contribution is -2.52. The Kier molecular flexibility index (Phi) is 4.36. The molecule has 0 saturated carbocycles. The van der Waals surface area contributed by atoms with Gasteiger partial charge in [0.25, 0.3) is 0 Å². The molecule has 2 fully saturated rings. The molecule has 2 unspecified atom stereocenters. The van der Waals surface area contributed by atoms with E-state index >= 15 is 0 Å². The average Bonchev–Trinajstić information content (AvgIpc) is 2.47. The maximum absolute atomic E-state index is 11.9. The molecule has 3 rings (SSSR count). The Bertz CT molecular complexity index is 546. The second kappa shape index (κ2) is 6.09. The van der Waals surface area contributed by atoms with Crippen molar-refractivity contribution in [1.82, 2.24) is 4.90 Å². The highest BCUT2D eigenvalue weighted by molar-refractivity contribution is 9.10. The van der Waals surface area contributed by atoms with Gasteiger partial charge in [-0.15, -0.1) is 0 Å². The molecule has 0 radical (unpaired) electrons. The lowest BCUT2D eigenvalue weighted by atomic mass is 9.84. The van der Waals surface area contributed by atoms with Crippen LogP contribution in [0.3, 0.4) is 0 Å². The first-order valence-corrected chi connectivity index (χ1v) is 8.61. The summed E-state index contributed by atoms with van der Waals surface area (Å²) in [4.78, 5) is 16.9. The molecule has 2 heterocycles. The molecule has 3 nitrogen and oxygen atoms in total. The van der Waals surface area contributed by atoms with Crippen LogP contribution in [0.2, 0.25) is 0 Å². The van der Waals surface area contributed by atoms with Gasteiger partial charge in [0.05, 0.1) is 0 Å². The second-order valence-electron chi connectivity index (χ2n) is 6.40. The van der Waals surface area contributed by atoms with Gasteiger partial charge in [-0.1, -0.05) is 15.9 Å². The van der Waals surface area contributed by atoms with Gasteiger partial charge in [0.1, 0.15) is 0 Å². The van der Waals surface area contributed by atoms with E-state index in [1.165, 1.54) is 25.8 Å². The van der Waals surface area contributed by atoms with Gasteiger partial charge in [-0.05, 0) is 63.9 Å². The van der Waals surface area contributed by atoms with E-state index in [1.807, 2.05) is 12.1 Å². The lowest BCUT2D eigenvalue weighted by Gasteiger charge is -2.47. The van der Waals surface area contributed by atoms with E-state index in [-0.39, 0.29) is 5.78 Å². The average molecular weight is 351 g/mol. The summed E-state index contributed by atoms with van der Waals surface area (Å²) in [7, 11) is 2.26. The van der Waals surface area contributed by atoms with Gasteiger partial charge in [0.2, 0.25) is 0 Å². The molecule has 0 N–H and O–H groups in total. The largest absolute Gasteiger partial charge is 0.371 e. The number of likely N-dealkylation sites (tertiary alicyclic amines) is 1. The maximum Gasteiger partial charge on any atom is 0.161 e. The quantitative estimate of drug-likeness (QED) is 0.761.